The van der Waals surface area contributed by atoms with Gasteiger partial charge >= 0.3 is 12.1 Å². The van der Waals surface area contributed by atoms with Gasteiger partial charge in [0, 0.05) is 31.5 Å². The maximum absolute atomic E-state index is 12.5. The zero-order chi connectivity index (χ0) is 20.3. The summed E-state index contributed by atoms with van der Waals surface area (Å²) in [6.45, 7) is -0.562. The van der Waals surface area contributed by atoms with Crippen molar-refractivity contribution in [3.63, 3.8) is 0 Å². The van der Waals surface area contributed by atoms with Gasteiger partial charge in [0.1, 0.15) is 0 Å². The van der Waals surface area contributed by atoms with Crippen molar-refractivity contribution in [3.8, 4) is 5.88 Å². The molecule has 1 fully saturated rings. The molecular formula is C17H17F3N4O4. The minimum absolute atomic E-state index is 0.00609. The number of carbonyl (C=O) groups is 2. The molecule has 1 saturated heterocycles. The van der Waals surface area contributed by atoms with Gasteiger partial charge in [0.2, 0.25) is 5.88 Å². The summed E-state index contributed by atoms with van der Waals surface area (Å²) in [6.07, 6.45) is 0.689. The fourth-order valence-corrected chi connectivity index (χ4v) is 2.91. The Labute approximate surface area is 157 Å². The summed E-state index contributed by atoms with van der Waals surface area (Å²) < 4.78 is 42.5. The van der Waals surface area contributed by atoms with Crippen molar-refractivity contribution in [2.24, 2.45) is 0 Å². The second kappa shape index (κ2) is 7.87. The average molecular weight is 398 g/mol. The highest BCUT2D eigenvalue weighted by atomic mass is 19.4. The predicted octanol–water partition coefficient (Wildman–Crippen LogP) is 2.39. The number of hydrogen-bond acceptors (Lipinski definition) is 5. The number of carboxylic acids is 1. The van der Waals surface area contributed by atoms with E-state index in [1.165, 1.54) is 30.7 Å². The number of alkyl halides is 3. The quantitative estimate of drug-likeness (QED) is 0.831. The molecule has 8 nitrogen and oxygen atoms in total. The molecule has 0 aromatic carbocycles. The van der Waals surface area contributed by atoms with Gasteiger partial charge in [-0.1, -0.05) is 0 Å². The number of piperidine rings is 1. The molecule has 11 heteroatoms. The molecule has 150 valence electrons. The lowest BCUT2D eigenvalue weighted by Crippen LogP contribution is -2.39. The number of pyridine rings is 1. The normalized spacial score (nSPS) is 15.5. The van der Waals surface area contributed by atoms with Crippen molar-refractivity contribution in [1.82, 2.24) is 19.7 Å². The molecule has 1 aliphatic heterocycles. The Hall–Kier alpha value is -3.11. The van der Waals surface area contributed by atoms with E-state index >= 15 is 0 Å². The van der Waals surface area contributed by atoms with E-state index in [9.17, 15) is 22.8 Å². The smallest absolute Gasteiger partial charge is 0.422 e. The van der Waals surface area contributed by atoms with Gasteiger partial charge in [-0.25, -0.2) is 9.78 Å². The van der Waals surface area contributed by atoms with E-state index in [1.54, 1.807) is 9.58 Å². The van der Waals surface area contributed by atoms with Gasteiger partial charge in [-0.2, -0.15) is 18.3 Å². The number of rotatable bonds is 5. The van der Waals surface area contributed by atoms with Gasteiger partial charge in [-0.15, -0.1) is 0 Å². The molecule has 0 bridgehead atoms. The molecule has 0 spiro atoms. The summed E-state index contributed by atoms with van der Waals surface area (Å²) in [5, 5.41) is 13.0. The lowest BCUT2D eigenvalue weighted by molar-refractivity contribution is -0.154. The first kappa shape index (κ1) is 19.6. The number of hydrogen-bond donors (Lipinski definition) is 1. The van der Waals surface area contributed by atoms with Gasteiger partial charge in [0.25, 0.3) is 5.91 Å². The Morgan fingerprint density at radius 1 is 1.18 bits per heavy atom. The van der Waals surface area contributed by atoms with E-state index in [0.29, 0.717) is 25.9 Å². The first-order chi connectivity index (χ1) is 13.2. The van der Waals surface area contributed by atoms with Crippen LogP contribution in [0.15, 0.2) is 30.7 Å². The first-order valence-corrected chi connectivity index (χ1v) is 8.45. The summed E-state index contributed by atoms with van der Waals surface area (Å²) >= 11 is 0. The summed E-state index contributed by atoms with van der Waals surface area (Å²) in [7, 11) is 0. The third-order valence-corrected chi connectivity index (χ3v) is 4.34. The van der Waals surface area contributed by atoms with Crippen molar-refractivity contribution in [2.75, 3.05) is 19.7 Å². The third kappa shape index (κ3) is 4.78. The van der Waals surface area contributed by atoms with Crippen molar-refractivity contribution >= 4 is 11.9 Å². The van der Waals surface area contributed by atoms with Crippen LogP contribution in [-0.2, 0) is 0 Å². The highest BCUT2D eigenvalue weighted by Gasteiger charge is 2.29. The molecule has 0 atom stereocenters. The van der Waals surface area contributed by atoms with E-state index in [0.717, 1.165) is 0 Å². The van der Waals surface area contributed by atoms with Crippen molar-refractivity contribution in [3.05, 3.63) is 41.9 Å². The van der Waals surface area contributed by atoms with Gasteiger partial charge in [-0.05, 0) is 18.9 Å². The Balaban J connectivity index is 1.55. The topological polar surface area (TPSA) is 97.6 Å². The van der Waals surface area contributed by atoms with Crippen LogP contribution in [0.1, 0.15) is 39.6 Å². The van der Waals surface area contributed by atoms with E-state index in [2.05, 4.69) is 14.8 Å². The van der Waals surface area contributed by atoms with Crippen molar-refractivity contribution in [2.45, 2.75) is 25.1 Å². The number of halogens is 3. The maximum atomic E-state index is 12.5. The summed E-state index contributed by atoms with van der Waals surface area (Å²) in [4.78, 5) is 28.8. The van der Waals surface area contributed by atoms with Gasteiger partial charge < -0.3 is 14.7 Å². The first-order valence-electron chi connectivity index (χ1n) is 8.45. The molecule has 2 aromatic rings. The van der Waals surface area contributed by atoms with Crippen LogP contribution < -0.4 is 4.74 Å². The van der Waals surface area contributed by atoms with Crippen molar-refractivity contribution < 1.29 is 32.6 Å². The molecule has 1 N–H and O–H groups in total. The minimum Gasteiger partial charge on any atom is -0.478 e. The van der Waals surface area contributed by atoms with Crippen LogP contribution in [-0.4, -0.2) is 62.5 Å². The highest BCUT2D eigenvalue weighted by Crippen LogP contribution is 2.24. The molecular weight excluding hydrogens is 381 g/mol. The molecule has 3 rings (SSSR count). The monoisotopic (exact) mass is 398 g/mol. The summed E-state index contributed by atoms with van der Waals surface area (Å²) in [6, 6.07) is 2.59. The Morgan fingerprint density at radius 3 is 2.43 bits per heavy atom. The van der Waals surface area contributed by atoms with Gasteiger partial charge in [-0.3, -0.25) is 9.48 Å². The summed E-state index contributed by atoms with van der Waals surface area (Å²) in [5.74, 6) is -1.53. The zero-order valence-electron chi connectivity index (χ0n) is 14.6. The van der Waals surface area contributed by atoms with E-state index < -0.39 is 18.8 Å². The third-order valence-electron chi connectivity index (χ3n) is 4.34. The molecule has 28 heavy (non-hydrogen) atoms. The Kier molecular flexibility index (Phi) is 5.52. The summed E-state index contributed by atoms with van der Waals surface area (Å²) in [5.41, 5.74) is 0.363. The maximum Gasteiger partial charge on any atom is 0.422 e. The van der Waals surface area contributed by atoms with E-state index in [4.69, 9.17) is 5.11 Å². The zero-order valence-corrected chi connectivity index (χ0v) is 14.6. The SMILES string of the molecule is O=C(O)c1cnn(C2CCN(C(=O)c3ccc(OCC(F)(F)F)nc3)CC2)c1. The lowest BCUT2D eigenvalue weighted by Gasteiger charge is -2.32. The molecule has 0 aliphatic carbocycles. The fraction of sp³-hybridized carbons (Fsp3) is 0.412. The second-order valence-electron chi connectivity index (χ2n) is 6.33. The van der Waals surface area contributed by atoms with Crippen LogP contribution in [0.4, 0.5) is 13.2 Å². The fourth-order valence-electron chi connectivity index (χ4n) is 2.91. The van der Waals surface area contributed by atoms with Crippen LogP contribution in [0.2, 0.25) is 0 Å². The van der Waals surface area contributed by atoms with Crippen LogP contribution in [0.3, 0.4) is 0 Å². The van der Waals surface area contributed by atoms with E-state index in [1.807, 2.05) is 0 Å². The molecule has 1 amide bonds. The number of aromatic nitrogens is 3. The lowest BCUT2D eigenvalue weighted by atomic mass is 10.0. The number of amides is 1. The van der Waals surface area contributed by atoms with Gasteiger partial charge in [0.05, 0.1) is 23.4 Å². The predicted molar refractivity (Wildman–Crippen MR) is 89.1 cm³/mol. The average Bonchev–Trinajstić information content (AvgIpc) is 3.16. The van der Waals surface area contributed by atoms with Crippen LogP contribution in [0, 0.1) is 0 Å². The Bertz CT molecular complexity index is 843. The number of aromatic carboxylic acids is 1. The van der Waals surface area contributed by atoms with Crippen molar-refractivity contribution in [1.29, 1.82) is 0 Å². The minimum atomic E-state index is -4.46. The number of ether oxygens (including phenoxy) is 1. The highest BCUT2D eigenvalue weighted by molar-refractivity contribution is 5.94. The second-order valence-corrected chi connectivity index (χ2v) is 6.33. The largest absolute Gasteiger partial charge is 0.478 e. The van der Waals surface area contributed by atoms with E-state index in [-0.39, 0.29) is 29.0 Å². The van der Waals surface area contributed by atoms with Gasteiger partial charge in [0.15, 0.2) is 6.61 Å². The number of carbonyl (C=O) groups excluding carboxylic acids is 1. The van der Waals surface area contributed by atoms with Crippen LogP contribution >= 0.6 is 0 Å². The standard InChI is InChI=1S/C17H17F3N4O4/c18-17(19,20)10-28-14-2-1-11(7-21-14)15(25)23-5-3-13(4-6-23)24-9-12(8-22-24)16(26)27/h1-2,7-9,13H,3-6,10H2,(H,26,27). The molecule has 1 aliphatic rings. The molecule has 2 aromatic heterocycles. The molecule has 0 unspecified atom stereocenters. The molecule has 0 saturated carbocycles. The van der Waals surface area contributed by atoms with Crippen LogP contribution in [0.25, 0.3) is 0 Å². The number of carboxylic acid groups (broad SMARTS) is 1. The number of nitrogens with zero attached hydrogens (tertiary/aromatic N) is 4. The molecule has 0 radical (unpaired) electrons. The number of likely N-dealkylation sites (tertiary alicyclic amines) is 1. The Morgan fingerprint density at radius 2 is 1.89 bits per heavy atom. The molecule has 3 heterocycles. The van der Waals surface area contributed by atoms with Crippen LogP contribution in [0.5, 0.6) is 5.88 Å².